The first-order valence-corrected chi connectivity index (χ1v) is 6.36. The van der Waals surface area contributed by atoms with Crippen LogP contribution in [0.25, 0.3) is 10.9 Å². The molecule has 0 radical (unpaired) electrons. The zero-order valence-electron chi connectivity index (χ0n) is 11.4. The third-order valence-corrected chi connectivity index (χ3v) is 2.97. The lowest BCUT2D eigenvalue weighted by Crippen LogP contribution is -2.42. The van der Waals surface area contributed by atoms with Gasteiger partial charge in [-0.3, -0.25) is 18.7 Å². The minimum absolute atomic E-state index is 0.111. The van der Waals surface area contributed by atoms with Crippen molar-refractivity contribution < 1.29 is 9.90 Å². The summed E-state index contributed by atoms with van der Waals surface area (Å²) in [7, 11) is 0. The average Bonchev–Trinajstić information content (AvgIpc) is 2.39. The molecule has 0 amide bonds. The van der Waals surface area contributed by atoms with Crippen LogP contribution in [0.2, 0.25) is 0 Å². The Morgan fingerprint density at radius 3 is 2.45 bits per heavy atom. The number of carbonyl (C=O) groups is 1. The number of aromatic nitrogens is 2. The Hall–Kier alpha value is -2.37. The molecule has 2 rings (SSSR count). The van der Waals surface area contributed by atoms with Gasteiger partial charge in [0.05, 0.1) is 10.9 Å². The number of rotatable bonds is 4. The van der Waals surface area contributed by atoms with Gasteiger partial charge in [-0.2, -0.15) is 0 Å². The van der Waals surface area contributed by atoms with Gasteiger partial charge < -0.3 is 5.11 Å². The van der Waals surface area contributed by atoms with Gasteiger partial charge in [-0.05, 0) is 18.1 Å². The van der Waals surface area contributed by atoms with Crippen molar-refractivity contribution in [2.45, 2.75) is 26.9 Å². The Labute approximate surface area is 114 Å². The number of nitrogens with zero attached hydrogens (tertiary/aromatic N) is 2. The number of aliphatic carboxylic acids is 1. The van der Waals surface area contributed by atoms with E-state index in [-0.39, 0.29) is 18.0 Å². The number of carboxylic acid groups (broad SMARTS) is 1. The van der Waals surface area contributed by atoms with Crippen LogP contribution in [0.15, 0.2) is 33.9 Å². The molecule has 1 aromatic heterocycles. The summed E-state index contributed by atoms with van der Waals surface area (Å²) in [6.07, 6.45) is 0. The van der Waals surface area contributed by atoms with Crippen LogP contribution in [-0.4, -0.2) is 20.2 Å². The first-order chi connectivity index (χ1) is 9.41. The van der Waals surface area contributed by atoms with Crippen molar-refractivity contribution in [3.8, 4) is 0 Å². The summed E-state index contributed by atoms with van der Waals surface area (Å²) in [6.45, 7) is 3.59. The summed E-state index contributed by atoms with van der Waals surface area (Å²) in [5.74, 6) is -1.01. The summed E-state index contributed by atoms with van der Waals surface area (Å²) in [5.41, 5.74) is -0.601. The largest absolute Gasteiger partial charge is 0.480 e. The van der Waals surface area contributed by atoms with Gasteiger partial charge in [-0.25, -0.2) is 4.79 Å². The molecule has 1 N–H and O–H groups in total. The van der Waals surface area contributed by atoms with E-state index in [0.29, 0.717) is 10.9 Å². The molecule has 0 spiro atoms. The lowest BCUT2D eigenvalue weighted by Gasteiger charge is -2.13. The molecule has 0 saturated heterocycles. The number of hydrogen-bond donors (Lipinski definition) is 1. The molecule has 1 heterocycles. The van der Waals surface area contributed by atoms with E-state index in [4.69, 9.17) is 5.11 Å². The second-order valence-electron chi connectivity index (χ2n) is 5.09. The molecule has 0 bridgehead atoms. The summed E-state index contributed by atoms with van der Waals surface area (Å²) >= 11 is 0. The Bertz CT molecular complexity index is 771. The van der Waals surface area contributed by atoms with E-state index in [2.05, 4.69) is 0 Å². The van der Waals surface area contributed by atoms with Crippen LogP contribution in [0.4, 0.5) is 0 Å². The molecule has 0 fully saturated rings. The summed E-state index contributed by atoms with van der Waals surface area (Å²) < 4.78 is 2.23. The average molecular weight is 276 g/mol. The molecular formula is C14H16N2O4. The van der Waals surface area contributed by atoms with Crippen molar-refractivity contribution in [2.75, 3.05) is 0 Å². The second-order valence-corrected chi connectivity index (χ2v) is 5.09. The van der Waals surface area contributed by atoms with Gasteiger partial charge in [0.25, 0.3) is 5.56 Å². The van der Waals surface area contributed by atoms with Gasteiger partial charge >= 0.3 is 11.7 Å². The number of hydrogen-bond acceptors (Lipinski definition) is 3. The molecule has 0 aliphatic carbocycles. The quantitative estimate of drug-likeness (QED) is 0.899. The third-order valence-electron chi connectivity index (χ3n) is 2.97. The van der Waals surface area contributed by atoms with Gasteiger partial charge in [0, 0.05) is 6.54 Å². The number of fused-ring (bicyclic) bond motifs is 1. The molecule has 0 atom stereocenters. The van der Waals surface area contributed by atoms with Gasteiger partial charge in [0.2, 0.25) is 0 Å². The predicted octanol–water partition coefficient (Wildman–Crippen LogP) is 0.904. The van der Waals surface area contributed by atoms with Crippen molar-refractivity contribution in [3.05, 3.63) is 45.1 Å². The first kappa shape index (κ1) is 14.0. The molecule has 6 nitrogen and oxygen atoms in total. The topological polar surface area (TPSA) is 81.3 Å². The highest BCUT2D eigenvalue weighted by Crippen LogP contribution is 2.08. The lowest BCUT2D eigenvalue weighted by atomic mass is 10.2. The zero-order valence-corrected chi connectivity index (χ0v) is 11.4. The molecule has 0 unspecified atom stereocenters. The third kappa shape index (κ3) is 2.49. The van der Waals surface area contributed by atoms with Crippen LogP contribution in [0.3, 0.4) is 0 Å². The summed E-state index contributed by atoms with van der Waals surface area (Å²) in [4.78, 5) is 35.6. The van der Waals surface area contributed by atoms with Gasteiger partial charge in [-0.15, -0.1) is 0 Å². The highest BCUT2D eigenvalue weighted by atomic mass is 16.4. The van der Waals surface area contributed by atoms with Crippen molar-refractivity contribution >= 4 is 16.9 Å². The van der Waals surface area contributed by atoms with Crippen LogP contribution in [0.5, 0.6) is 0 Å². The summed E-state index contributed by atoms with van der Waals surface area (Å²) in [5, 5.41) is 9.30. The molecule has 106 valence electrons. The van der Waals surface area contributed by atoms with Crippen LogP contribution >= 0.6 is 0 Å². The Balaban J connectivity index is 2.85. The van der Waals surface area contributed by atoms with E-state index < -0.39 is 18.2 Å². The predicted molar refractivity (Wildman–Crippen MR) is 74.9 cm³/mol. The van der Waals surface area contributed by atoms with Crippen LogP contribution in [0, 0.1) is 5.92 Å². The summed E-state index contributed by atoms with van der Waals surface area (Å²) in [6, 6.07) is 6.55. The zero-order chi connectivity index (χ0) is 14.9. The van der Waals surface area contributed by atoms with Crippen LogP contribution in [0.1, 0.15) is 13.8 Å². The van der Waals surface area contributed by atoms with Crippen molar-refractivity contribution in [1.29, 1.82) is 0 Å². The van der Waals surface area contributed by atoms with E-state index in [0.717, 1.165) is 9.13 Å². The molecule has 1 aromatic carbocycles. The molecular weight excluding hydrogens is 260 g/mol. The monoisotopic (exact) mass is 276 g/mol. The Kier molecular flexibility index (Phi) is 3.74. The van der Waals surface area contributed by atoms with Gasteiger partial charge in [0.1, 0.15) is 6.54 Å². The number of carboxylic acids is 1. The fourth-order valence-electron chi connectivity index (χ4n) is 2.19. The van der Waals surface area contributed by atoms with Gasteiger partial charge in [0.15, 0.2) is 0 Å². The fraction of sp³-hybridized carbons (Fsp3) is 0.357. The minimum atomic E-state index is -1.12. The number of para-hydroxylation sites is 1. The molecule has 2 aromatic rings. The highest BCUT2D eigenvalue weighted by molar-refractivity contribution is 5.79. The van der Waals surface area contributed by atoms with E-state index in [9.17, 15) is 14.4 Å². The molecule has 0 aliphatic rings. The van der Waals surface area contributed by atoms with E-state index >= 15 is 0 Å². The fourth-order valence-corrected chi connectivity index (χ4v) is 2.19. The SMILES string of the molecule is CC(C)Cn1c(=O)c2ccccc2n(CC(=O)O)c1=O. The maximum absolute atomic E-state index is 12.3. The van der Waals surface area contributed by atoms with E-state index in [1.807, 2.05) is 13.8 Å². The second kappa shape index (κ2) is 5.32. The minimum Gasteiger partial charge on any atom is -0.480 e. The van der Waals surface area contributed by atoms with Crippen molar-refractivity contribution in [2.24, 2.45) is 5.92 Å². The van der Waals surface area contributed by atoms with Gasteiger partial charge in [-0.1, -0.05) is 26.0 Å². The molecule has 20 heavy (non-hydrogen) atoms. The van der Waals surface area contributed by atoms with Crippen molar-refractivity contribution in [1.82, 2.24) is 9.13 Å². The Morgan fingerprint density at radius 2 is 1.85 bits per heavy atom. The van der Waals surface area contributed by atoms with E-state index in [1.165, 1.54) is 0 Å². The standard InChI is InChI=1S/C14H16N2O4/c1-9(2)7-16-13(19)10-5-3-4-6-11(10)15(14(16)20)8-12(17)18/h3-6,9H,7-8H2,1-2H3,(H,17,18). The van der Waals surface area contributed by atoms with E-state index in [1.54, 1.807) is 24.3 Å². The molecule has 0 saturated carbocycles. The Morgan fingerprint density at radius 1 is 1.20 bits per heavy atom. The maximum Gasteiger partial charge on any atom is 0.332 e. The lowest BCUT2D eigenvalue weighted by molar-refractivity contribution is -0.137. The van der Waals surface area contributed by atoms with Crippen molar-refractivity contribution in [3.63, 3.8) is 0 Å². The highest BCUT2D eigenvalue weighted by Gasteiger charge is 2.15. The van der Waals surface area contributed by atoms with Crippen LogP contribution < -0.4 is 11.2 Å². The maximum atomic E-state index is 12.3. The number of benzene rings is 1. The van der Waals surface area contributed by atoms with Crippen LogP contribution in [-0.2, 0) is 17.9 Å². The molecule has 6 heteroatoms. The smallest absolute Gasteiger partial charge is 0.332 e. The molecule has 0 aliphatic heterocycles. The first-order valence-electron chi connectivity index (χ1n) is 6.36. The normalized spacial score (nSPS) is 11.2.